The number of amides is 1. The molecule has 3 aromatic rings. The molecule has 10 nitrogen and oxygen atoms in total. The number of nitrogens with two attached hydrogens (primary N) is 1. The van der Waals surface area contributed by atoms with Crippen molar-refractivity contribution in [2.24, 2.45) is 5.84 Å². The summed E-state index contributed by atoms with van der Waals surface area (Å²) in [4.78, 5) is 42.8. The predicted molar refractivity (Wildman–Crippen MR) is 131 cm³/mol. The predicted octanol–water partition coefficient (Wildman–Crippen LogP) is 1.79. The lowest BCUT2D eigenvalue weighted by Gasteiger charge is -2.31. The zero-order valence-electron chi connectivity index (χ0n) is 20.6. The van der Waals surface area contributed by atoms with Gasteiger partial charge in [0.15, 0.2) is 11.2 Å². The second-order valence-electron chi connectivity index (χ2n) is 9.64. The number of nitrogens with zero attached hydrogens (tertiary/aromatic N) is 2. The monoisotopic (exact) mass is 492 g/mol. The van der Waals surface area contributed by atoms with Crippen LogP contribution in [0.2, 0.25) is 0 Å². The Morgan fingerprint density at radius 3 is 2.69 bits per heavy atom. The Bertz CT molecular complexity index is 1510. The van der Waals surface area contributed by atoms with Gasteiger partial charge in [0.2, 0.25) is 0 Å². The van der Waals surface area contributed by atoms with Gasteiger partial charge in [-0.25, -0.2) is 15.6 Å². The van der Waals surface area contributed by atoms with Gasteiger partial charge in [-0.3, -0.25) is 15.0 Å². The fraction of sp³-hybridized carbons (Fsp3) is 0.385. The van der Waals surface area contributed by atoms with Crippen molar-refractivity contribution in [3.63, 3.8) is 0 Å². The van der Waals surface area contributed by atoms with Gasteiger partial charge in [0.05, 0.1) is 29.0 Å². The number of hydrogen-bond donors (Lipinski definition) is 3. The standard InChI is InChI=1S/C26H28N4O6/c1-5-14-15-9-13(36-25(3,4)23(32)29-27)7-8-19(15)28-21-16(14)11-30-20(21)10-18-17(22(30)31)12-35-24(33)26(18,34)6-2/h7-10,34H,5-6,11-12,27H2,1-4H3,(H,29,32). The van der Waals surface area contributed by atoms with Crippen LogP contribution in [0.1, 0.15) is 56.4 Å². The average Bonchev–Trinajstić information content (AvgIpc) is 3.23. The molecule has 0 aliphatic carbocycles. The van der Waals surface area contributed by atoms with Gasteiger partial charge in [0.1, 0.15) is 12.4 Å². The maximum atomic E-state index is 13.4. The van der Waals surface area contributed by atoms with E-state index in [1.165, 1.54) is 0 Å². The van der Waals surface area contributed by atoms with Gasteiger partial charge >= 0.3 is 5.97 Å². The first-order valence-electron chi connectivity index (χ1n) is 11.9. The number of carbonyl (C=O) groups excluding carboxylic acids is 2. The second kappa shape index (κ2) is 8.14. The minimum absolute atomic E-state index is 0.0846. The molecule has 4 N–H and O–H groups in total. The molecule has 188 valence electrons. The average molecular weight is 493 g/mol. The Morgan fingerprint density at radius 2 is 2.03 bits per heavy atom. The molecule has 1 unspecified atom stereocenters. The highest BCUT2D eigenvalue weighted by Crippen LogP contribution is 2.40. The van der Waals surface area contributed by atoms with Crippen LogP contribution in [0, 0.1) is 0 Å². The maximum absolute atomic E-state index is 13.4. The molecule has 0 spiro atoms. The van der Waals surface area contributed by atoms with Crippen LogP contribution in [-0.4, -0.2) is 32.1 Å². The number of esters is 1. The van der Waals surface area contributed by atoms with Gasteiger partial charge in [0, 0.05) is 16.5 Å². The summed E-state index contributed by atoms with van der Waals surface area (Å²) in [6, 6.07) is 7.08. The van der Waals surface area contributed by atoms with Crippen molar-refractivity contribution in [2.45, 2.75) is 64.9 Å². The summed E-state index contributed by atoms with van der Waals surface area (Å²) >= 11 is 0. The van der Waals surface area contributed by atoms with E-state index in [1.807, 2.05) is 13.0 Å². The van der Waals surface area contributed by atoms with Crippen LogP contribution in [0.4, 0.5) is 0 Å². The molecule has 1 amide bonds. The van der Waals surface area contributed by atoms with Gasteiger partial charge in [-0.05, 0) is 56.5 Å². The van der Waals surface area contributed by atoms with Crippen molar-refractivity contribution in [1.82, 2.24) is 15.0 Å². The normalized spacial score (nSPS) is 18.3. The van der Waals surface area contributed by atoms with Crippen LogP contribution in [0.3, 0.4) is 0 Å². The molecular formula is C26H28N4O6. The summed E-state index contributed by atoms with van der Waals surface area (Å²) in [6.07, 6.45) is 0.752. The Hall–Kier alpha value is -3.76. The molecule has 1 aromatic carbocycles. The molecule has 2 aliphatic rings. The van der Waals surface area contributed by atoms with Gasteiger partial charge in [-0.2, -0.15) is 0 Å². The van der Waals surface area contributed by atoms with Crippen molar-refractivity contribution in [1.29, 1.82) is 0 Å². The van der Waals surface area contributed by atoms with Crippen molar-refractivity contribution in [3.8, 4) is 17.1 Å². The Labute approximate surface area is 207 Å². The number of hydrazine groups is 1. The number of carbonyl (C=O) groups is 2. The first-order valence-corrected chi connectivity index (χ1v) is 11.9. The van der Waals surface area contributed by atoms with Crippen molar-refractivity contribution >= 4 is 22.8 Å². The molecule has 2 aliphatic heterocycles. The maximum Gasteiger partial charge on any atom is 0.343 e. The van der Waals surface area contributed by atoms with Gasteiger partial charge < -0.3 is 19.1 Å². The number of benzene rings is 1. The van der Waals surface area contributed by atoms with Crippen LogP contribution in [0.25, 0.3) is 22.3 Å². The molecule has 0 radical (unpaired) electrons. The van der Waals surface area contributed by atoms with Crippen molar-refractivity contribution in [3.05, 3.63) is 56.9 Å². The fourth-order valence-corrected chi connectivity index (χ4v) is 5.12. The zero-order valence-corrected chi connectivity index (χ0v) is 20.6. The first kappa shape index (κ1) is 24.0. The van der Waals surface area contributed by atoms with Crippen LogP contribution >= 0.6 is 0 Å². The number of rotatable bonds is 5. The van der Waals surface area contributed by atoms with Crippen molar-refractivity contribution in [2.75, 3.05) is 0 Å². The molecule has 5 rings (SSSR count). The Kier molecular flexibility index (Phi) is 5.42. The number of aliphatic hydroxyl groups is 1. The number of pyridine rings is 2. The molecule has 0 bridgehead atoms. The largest absolute Gasteiger partial charge is 0.478 e. The van der Waals surface area contributed by atoms with E-state index in [4.69, 9.17) is 20.3 Å². The number of aryl methyl sites for hydroxylation is 1. The minimum atomic E-state index is -1.87. The minimum Gasteiger partial charge on any atom is -0.478 e. The van der Waals surface area contributed by atoms with E-state index in [9.17, 15) is 19.5 Å². The molecular weight excluding hydrogens is 464 g/mol. The third-order valence-corrected chi connectivity index (χ3v) is 7.18. The van der Waals surface area contributed by atoms with Gasteiger partial charge in [0.25, 0.3) is 11.5 Å². The zero-order chi connectivity index (χ0) is 26.0. The summed E-state index contributed by atoms with van der Waals surface area (Å²) in [5, 5.41) is 11.9. The first-order chi connectivity index (χ1) is 17.1. The van der Waals surface area contributed by atoms with Crippen molar-refractivity contribution < 1.29 is 24.2 Å². The molecule has 2 aromatic heterocycles. The molecule has 0 fully saturated rings. The molecule has 10 heteroatoms. The van der Waals surface area contributed by atoms with E-state index >= 15 is 0 Å². The van der Waals surface area contributed by atoms with Crippen LogP contribution in [0.15, 0.2) is 29.1 Å². The number of ether oxygens (including phenoxy) is 2. The summed E-state index contributed by atoms with van der Waals surface area (Å²) in [7, 11) is 0. The summed E-state index contributed by atoms with van der Waals surface area (Å²) in [5.41, 5.74) is 3.13. The quantitative estimate of drug-likeness (QED) is 0.165. The summed E-state index contributed by atoms with van der Waals surface area (Å²) in [5.74, 6) is 4.56. The summed E-state index contributed by atoms with van der Waals surface area (Å²) < 4.78 is 12.7. The van der Waals surface area contributed by atoms with Crippen LogP contribution < -0.4 is 21.6 Å². The lowest BCUT2D eigenvalue weighted by Crippen LogP contribution is -2.49. The number of hydrogen-bond acceptors (Lipinski definition) is 8. The topological polar surface area (TPSA) is 146 Å². The lowest BCUT2D eigenvalue weighted by molar-refractivity contribution is -0.172. The highest BCUT2D eigenvalue weighted by molar-refractivity contribution is 5.90. The van der Waals surface area contributed by atoms with E-state index in [0.29, 0.717) is 35.6 Å². The number of cyclic esters (lactones) is 1. The van der Waals surface area contributed by atoms with E-state index in [-0.39, 0.29) is 29.7 Å². The number of fused-ring (bicyclic) bond motifs is 5. The Balaban J connectivity index is 1.68. The number of aromatic nitrogens is 2. The smallest absolute Gasteiger partial charge is 0.343 e. The van der Waals surface area contributed by atoms with E-state index in [2.05, 4.69) is 5.43 Å². The number of nitrogens with one attached hydrogen (secondary N) is 1. The Morgan fingerprint density at radius 1 is 1.28 bits per heavy atom. The third-order valence-electron chi connectivity index (χ3n) is 7.18. The van der Waals surface area contributed by atoms with E-state index < -0.39 is 23.1 Å². The molecule has 0 saturated carbocycles. The van der Waals surface area contributed by atoms with E-state index in [0.717, 1.165) is 16.5 Å². The van der Waals surface area contributed by atoms with Gasteiger partial charge in [-0.15, -0.1) is 0 Å². The van der Waals surface area contributed by atoms with E-state index in [1.54, 1.807) is 43.5 Å². The summed E-state index contributed by atoms with van der Waals surface area (Å²) in [6.45, 7) is 7.08. The molecule has 1 atom stereocenters. The van der Waals surface area contributed by atoms with Crippen LogP contribution in [0.5, 0.6) is 5.75 Å². The molecule has 4 heterocycles. The lowest BCUT2D eigenvalue weighted by atomic mass is 9.86. The van der Waals surface area contributed by atoms with Gasteiger partial charge in [-0.1, -0.05) is 13.8 Å². The molecule has 0 saturated heterocycles. The second-order valence-corrected chi connectivity index (χ2v) is 9.64. The third kappa shape index (κ3) is 3.32. The molecule has 36 heavy (non-hydrogen) atoms. The highest BCUT2D eigenvalue weighted by Gasteiger charge is 2.45. The SMILES string of the molecule is CCc1c2c(nc3ccc(OC(C)(C)C(=O)NN)cc13)-c1cc3c(c(=O)n1C2)COC(=O)C3(O)CC. The highest BCUT2D eigenvalue weighted by atomic mass is 16.6. The fourth-order valence-electron chi connectivity index (χ4n) is 5.12. The van der Waals surface area contributed by atoms with Crippen LogP contribution in [-0.2, 0) is 39.5 Å².